The SMILES string of the molecule is NC(c1c(F)cccc1F)c1cccc2ccsc12. The molecule has 3 aromatic rings. The molecule has 0 spiro atoms. The second-order valence-electron chi connectivity index (χ2n) is 4.30. The largest absolute Gasteiger partial charge is 0.320 e. The Labute approximate surface area is 113 Å². The van der Waals surface area contributed by atoms with Crippen molar-refractivity contribution >= 4 is 21.4 Å². The van der Waals surface area contributed by atoms with E-state index in [4.69, 9.17) is 5.73 Å². The van der Waals surface area contributed by atoms with Crippen molar-refractivity contribution in [3.05, 3.63) is 70.6 Å². The first-order valence-corrected chi connectivity index (χ1v) is 6.72. The molecule has 2 N–H and O–H groups in total. The molecule has 3 rings (SSSR count). The molecule has 1 unspecified atom stereocenters. The molecule has 19 heavy (non-hydrogen) atoms. The van der Waals surface area contributed by atoms with E-state index in [1.165, 1.54) is 29.5 Å². The highest BCUT2D eigenvalue weighted by molar-refractivity contribution is 7.17. The highest BCUT2D eigenvalue weighted by Gasteiger charge is 2.20. The van der Waals surface area contributed by atoms with E-state index >= 15 is 0 Å². The monoisotopic (exact) mass is 275 g/mol. The molecular weight excluding hydrogens is 264 g/mol. The summed E-state index contributed by atoms with van der Waals surface area (Å²) >= 11 is 1.52. The summed E-state index contributed by atoms with van der Waals surface area (Å²) in [6, 6.07) is 10.6. The van der Waals surface area contributed by atoms with Crippen LogP contribution in [0.25, 0.3) is 10.1 Å². The van der Waals surface area contributed by atoms with Gasteiger partial charge >= 0.3 is 0 Å². The van der Waals surface area contributed by atoms with E-state index in [-0.39, 0.29) is 5.56 Å². The lowest BCUT2D eigenvalue weighted by Crippen LogP contribution is -2.15. The van der Waals surface area contributed by atoms with Crippen LogP contribution in [-0.2, 0) is 0 Å². The van der Waals surface area contributed by atoms with Crippen LogP contribution >= 0.6 is 11.3 Å². The van der Waals surface area contributed by atoms with Gasteiger partial charge in [0, 0.05) is 10.3 Å². The predicted molar refractivity (Wildman–Crippen MR) is 74.2 cm³/mol. The number of rotatable bonds is 2. The van der Waals surface area contributed by atoms with E-state index in [1.54, 1.807) is 0 Å². The molecule has 0 aliphatic heterocycles. The van der Waals surface area contributed by atoms with E-state index in [9.17, 15) is 8.78 Å². The lowest BCUT2D eigenvalue weighted by Gasteiger charge is -2.15. The molecule has 0 amide bonds. The molecule has 0 aliphatic rings. The number of nitrogens with two attached hydrogens (primary N) is 1. The quantitative estimate of drug-likeness (QED) is 0.744. The third kappa shape index (κ3) is 2.03. The summed E-state index contributed by atoms with van der Waals surface area (Å²) < 4.78 is 28.6. The topological polar surface area (TPSA) is 26.0 Å². The number of hydrogen-bond acceptors (Lipinski definition) is 2. The van der Waals surface area contributed by atoms with E-state index in [0.29, 0.717) is 0 Å². The first-order chi connectivity index (χ1) is 9.18. The van der Waals surface area contributed by atoms with Crippen LogP contribution in [0.2, 0.25) is 0 Å². The summed E-state index contributed by atoms with van der Waals surface area (Å²) in [5, 5.41) is 2.98. The van der Waals surface area contributed by atoms with Crippen LogP contribution in [0.15, 0.2) is 47.8 Å². The minimum Gasteiger partial charge on any atom is -0.320 e. The number of fused-ring (bicyclic) bond motifs is 1. The van der Waals surface area contributed by atoms with E-state index in [2.05, 4.69) is 0 Å². The maximum Gasteiger partial charge on any atom is 0.131 e. The van der Waals surface area contributed by atoms with Gasteiger partial charge in [0.1, 0.15) is 11.6 Å². The molecule has 0 radical (unpaired) electrons. The lowest BCUT2D eigenvalue weighted by molar-refractivity contribution is 0.544. The summed E-state index contributed by atoms with van der Waals surface area (Å²) in [5.74, 6) is -1.22. The van der Waals surface area contributed by atoms with Gasteiger partial charge in [-0.2, -0.15) is 0 Å². The number of halogens is 2. The van der Waals surface area contributed by atoms with Crippen LogP contribution in [-0.4, -0.2) is 0 Å². The van der Waals surface area contributed by atoms with Gasteiger partial charge in [-0.15, -0.1) is 11.3 Å². The normalized spacial score (nSPS) is 12.8. The van der Waals surface area contributed by atoms with Gasteiger partial charge in [0.05, 0.1) is 6.04 Å². The Morgan fingerprint density at radius 3 is 2.37 bits per heavy atom. The van der Waals surface area contributed by atoms with Crippen molar-refractivity contribution in [2.75, 3.05) is 0 Å². The van der Waals surface area contributed by atoms with Gasteiger partial charge in [-0.3, -0.25) is 0 Å². The van der Waals surface area contributed by atoms with Crippen LogP contribution in [0.5, 0.6) is 0 Å². The second kappa shape index (κ2) is 4.72. The molecule has 1 heterocycles. The average molecular weight is 275 g/mol. The highest BCUT2D eigenvalue weighted by Crippen LogP contribution is 2.32. The fraction of sp³-hybridized carbons (Fsp3) is 0.0667. The van der Waals surface area contributed by atoms with Crippen LogP contribution < -0.4 is 5.73 Å². The second-order valence-corrected chi connectivity index (χ2v) is 5.22. The number of thiophene rings is 1. The molecule has 1 nitrogen and oxygen atoms in total. The Bertz CT molecular complexity index is 716. The summed E-state index contributed by atoms with van der Waals surface area (Å²) in [4.78, 5) is 0. The van der Waals surface area contributed by atoms with Gasteiger partial charge in [-0.05, 0) is 34.5 Å². The standard InChI is InChI=1S/C15H11F2NS/c16-11-5-2-6-12(17)13(11)14(18)10-4-1-3-9-7-8-19-15(9)10/h1-8,14H,18H2. The van der Waals surface area contributed by atoms with Crippen LogP contribution in [0, 0.1) is 11.6 Å². The zero-order chi connectivity index (χ0) is 13.4. The Balaban J connectivity index is 2.19. The maximum atomic E-state index is 13.8. The first kappa shape index (κ1) is 12.3. The molecule has 1 atom stereocenters. The molecule has 1 aromatic heterocycles. The fourth-order valence-corrected chi connectivity index (χ4v) is 3.18. The van der Waals surface area contributed by atoms with E-state index < -0.39 is 17.7 Å². The van der Waals surface area contributed by atoms with Crippen LogP contribution in [0.4, 0.5) is 8.78 Å². The molecule has 0 fully saturated rings. The fourth-order valence-electron chi connectivity index (χ4n) is 2.22. The Morgan fingerprint density at radius 2 is 1.63 bits per heavy atom. The third-order valence-corrected chi connectivity index (χ3v) is 4.13. The summed E-state index contributed by atoms with van der Waals surface area (Å²) in [5.41, 5.74) is 6.74. The van der Waals surface area contributed by atoms with Gasteiger partial charge in [0.25, 0.3) is 0 Å². The highest BCUT2D eigenvalue weighted by atomic mass is 32.1. The van der Waals surface area contributed by atoms with E-state index in [0.717, 1.165) is 15.6 Å². The zero-order valence-electron chi connectivity index (χ0n) is 9.94. The van der Waals surface area contributed by atoms with Crippen molar-refractivity contribution in [3.8, 4) is 0 Å². The Hall–Kier alpha value is -1.78. The van der Waals surface area contributed by atoms with Crippen molar-refractivity contribution in [2.24, 2.45) is 5.73 Å². The summed E-state index contributed by atoms with van der Waals surface area (Å²) in [6.07, 6.45) is 0. The molecular formula is C15H11F2NS. The van der Waals surface area contributed by atoms with Gasteiger partial charge in [0.2, 0.25) is 0 Å². The van der Waals surface area contributed by atoms with Crippen molar-refractivity contribution in [2.45, 2.75) is 6.04 Å². The number of benzene rings is 2. The van der Waals surface area contributed by atoms with E-state index in [1.807, 2.05) is 29.6 Å². The molecule has 0 saturated carbocycles. The smallest absolute Gasteiger partial charge is 0.131 e. The summed E-state index contributed by atoms with van der Waals surface area (Å²) in [6.45, 7) is 0. The molecule has 2 aromatic carbocycles. The zero-order valence-corrected chi connectivity index (χ0v) is 10.8. The molecule has 0 bridgehead atoms. The third-order valence-electron chi connectivity index (χ3n) is 3.16. The van der Waals surface area contributed by atoms with Crippen molar-refractivity contribution < 1.29 is 8.78 Å². The molecule has 0 saturated heterocycles. The maximum absolute atomic E-state index is 13.8. The number of hydrogen-bond donors (Lipinski definition) is 1. The molecule has 4 heteroatoms. The van der Waals surface area contributed by atoms with Crippen molar-refractivity contribution in [1.82, 2.24) is 0 Å². The minimum atomic E-state index is -0.802. The average Bonchev–Trinajstić information content (AvgIpc) is 2.86. The van der Waals surface area contributed by atoms with Gasteiger partial charge < -0.3 is 5.73 Å². The van der Waals surface area contributed by atoms with Gasteiger partial charge in [0.15, 0.2) is 0 Å². The minimum absolute atomic E-state index is 0.0802. The predicted octanol–water partition coefficient (Wildman–Crippen LogP) is 4.23. The van der Waals surface area contributed by atoms with Crippen molar-refractivity contribution in [1.29, 1.82) is 0 Å². The Morgan fingerprint density at radius 1 is 0.947 bits per heavy atom. The first-order valence-electron chi connectivity index (χ1n) is 5.84. The van der Waals surface area contributed by atoms with Gasteiger partial charge in [-0.1, -0.05) is 24.3 Å². The van der Waals surface area contributed by atoms with Crippen LogP contribution in [0.3, 0.4) is 0 Å². The van der Waals surface area contributed by atoms with Gasteiger partial charge in [-0.25, -0.2) is 8.78 Å². The lowest BCUT2D eigenvalue weighted by atomic mass is 9.97. The molecule has 0 aliphatic carbocycles. The van der Waals surface area contributed by atoms with Crippen molar-refractivity contribution in [3.63, 3.8) is 0 Å². The Kier molecular flexibility index (Phi) is 3.05. The molecule has 96 valence electrons. The summed E-state index contributed by atoms with van der Waals surface area (Å²) in [7, 11) is 0. The van der Waals surface area contributed by atoms with Crippen LogP contribution in [0.1, 0.15) is 17.2 Å².